The third-order valence-corrected chi connectivity index (χ3v) is 2.32. The average molecular weight is 212 g/mol. The summed E-state index contributed by atoms with van der Waals surface area (Å²) in [5, 5.41) is 0. The minimum Gasteiger partial charge on any atom is -0.493 e. The van der Waals surface area contributed by atoms with Crippen molar-refractivity contribution >= 4 is 0 Å². The van der Waals surface area contributed by atoms with E-state index in [0.29, 0.717) is 12.1 Å². The Hall–Kier alpha value is -1.13. The highest BCUT2D eigenvalue weighted by molar-refractivity contribution is 5.37. The fraction of sp³-hybridized carbons (Fsp3) is 0.455. The molecule has 0 amide bonds. The molecule has 0 unspecified atom stereocenters. The van der Waals surface area contributed by atoms with E-state index in [1.807, 2.05) is 0 Å². The lowest BCUT2D eigenvalue weighted by Crippen LogP contribution is -2.14. The Kier molecular flexibility index (Phi) is 4.52. The maximum absolute atomic E-state index is 13.3. The van der Waals surface area contributed by atoms with Crippen molar-refractivity contribution in [3.8, 4) is 5.75 Å². The summed E-state index contributed by atoms with van der Waals surface area (Å²) in [6, 6.07) is 4.55. The Morgan fingerprint density at radius 3 is 2.80 bits per heavy atom. The molecule has 15 heavy (non-hydrogen) atoms. The highest BCUT2D eigenvalue weighted by atomic mass is 19.1. The number of rotatable bonds is 5. The van der Waals surface area contributed by atoms with Crippen LogP contribution in [0, 0.1) is 5.82 Å². The molecule has 0 aliphatic rings. The molecule has 1 atom stereocenters. The van der Waals surface area contributed by atoms with Gasteiger partial charge in [0.05, 0.1) is 7.11 Å². The molecular weight excluding hydrogens is 195 g/mol. The normalized spacial score (nSPS) is 12.5. The van der Waals surface area contributed by atoms with Crippen LogP contribution in [0.5, 0.6) is 5.75 Å². The molecule has 0 spiro atoms. The molecule has 4 N–H and O–H groups in total. The first kappa shape index (κ1) is 11.9. The fourth-order valence-corrected chi connectivity index (χ4v) is 1.53. The van der Waals surface area contributed by atoms with Crippen LogP contribution in [0.25, 0.3) is 0 Å². The summed E-state index contributed by atoms with van der Waals surface area (Å²) in [5.41, 5.74) is 12.0. The van der Waals surface area contributed by atoms with E-state index in [-0.39, 0.29) is 17.6 Å². The molecule has 4 heteroatoms. The second-order valence-corrected chi connectivity index (χ2v) is 3.40. The van der Waals surface area contributed by atoms with Crippen LogP contribution in [0.3, 0.4) is 0 Å². The predicted octanol–water partition coefficient (Wildman–Crippen LogP) is 1.57. The molecule has 1 aromatic carbocycles. The molecule has 0 aliphatic carbocycles. The molecule has 3 nitrogen and oxygen atoms in total. The molecule has 0 radical (unpaired) electrons. The van der Waals surface area contributed by atoms with Crippen molar-refractivity contribution in [2.45, 2.75) is 18.9 Å². The zero-order chi connectivity index (χ0) is 11.3. The monoisotopic (exact) mass is 212 g/mol. The van der Waals surface area contributed by atoms with Crippen LogP contribution >= 0.6 is 0 Å². The molecular formula is C11H17FN2O. The zero-order valence-corrected chi connectivity index (χ0v) is 8.87. The first-order valence-electron chi connectivity index (χ1n) is 4.98. The van der Waals surface area contributed by atoms with Crippen molar-refractivity contribution in [2.24, 2.45) is 11.5 Å². The molecule has 1 aromatic rings. The van der Waals surface area contributed by atoms with Gasteiger partial charge in [0, 0.05) is 11.6 Å². The molecule has 0 saturated heterocycles. The summed E-state index contributed by atoms with van der Waals surface area (Å²) >= 11 is 0. The van der Waals surface area contributed by atoms with E-state index in [0.717, 1.165) is 12.8 Å². The number of methoxy groups -OCH3 is 1. The molecule has 1 rings (SSSR count). The van der Waals surface area contributed by atoms with Crippen molar-refractivity contribution in [1.29, 1.82) is 0 Å². The van der Waals surface area contributed by atoms with Crippen LogP contribution in [-0.4, -0.2) is 13.7 Å². The lowest BCUT2D eigenvalue weighted by Gasteiger charge is -2.15. The molecule has 84 valence electrons. The Morgan fingerprint density at radius 2 is 2.20 bits per heavy atom. The van der Waals surface area contributed by atoms with Gasteiger partial charge in [-0.2, -0.15) is 0 Å². The van der Waals surface area contributed by atoms with Gasteiger partial charge >= 0.3 is 0 Å². The summed E-state index contributed by atoms with van der Waals surface area (Å²) in [7, 11) is 1.44. The maximum atomic E-state index is 13.3. The Bertz CT molecular complexity index is 317. The second kappa shape index (κ2) is 5.68. The topological polar surface area (TPSA) is 61.3 Å². The van der Waals surface area contributed by atoms with E-state index < -0.39 is 0 Å². The van der Waals surface area contributed by atoms with Crippen molar-refractivity contribution in [1.82, 2.24) is 0 Å². The highest BCUT2D eigenvalue weighted by Gasteiger charge is 2.14. The largest absolute Gasteiger partial charge is 0.493 e. The van der Waals surface area contributed by atoms with E-state index in [2.05, 4.69) is 0 Å². The van der Waals surface area contributed by atoms with Crippen LogP contribution in [0.4, 0.5) is 4.39 Å². The number of ether oxygens (including phenoxy) is 1. The number of halogens is 1. The summed E-state index contributed by atoms with van der Waals surface area (Å²) in [5.74, 6) is -0.139. The van der Waals surface area contributed by atoms with Gasteiger partial charge in [0.25, 0.3) is 0 Å². The van der Waals surface area contributed by atoms with Crippen LogP contribution in [0.1, 0.15) is 24.4 Å². The van der Waals surface area contributed by atoms with Gasteiger partial charge in [0.1, 0.15) is 0 Å². The molecule has 0 aromatic heterocycles. The van der Waals surface area contributed by atoms with Crippen molar-refractivity contribution in [3.63, 3.8) is 0 Å². The molecule has 0 heterocycles. The average Bonchev–Trinajstić information content (AvgIpc) is 2.25. The number of nitrogens with two attached hydrogens (primary N) is 2. The molecule has 0 fully saturated rings. The van der Waals surface area contributed by atoms with E-state index >= 15 is 0 Å². The fourth-order valence-electron chi connectivity index (χ4n) is 1.53. The van der Waals surface area contributed by atoms with Crippen molar-refractivity contribution < 1.29 is 9.13 Å². The number of hydrogen-bond acceptors (Lipinski definition) is 3. The molecule has 0 aliphatic heterocycles. The third-order valence-electron chi connectivity index (χ3n) is 2.32. The minimum absolute atomic E-state index is 0.223. The SMILES string of the molecule is COc1c(F)cccc1[C@@H](N)CCCN. The number of hydrogen-bond donors (Lipinski definition) is 2. The Morgan fingerprint density at radius 1 is 1.47 bits per heavy atom. The summed E-state index contributed by atoms with van der Waals surface area (Å²) in [4.78, 5) is 0. The smallest absolute Gasteiger partial charge is 0.165 e. The quantitative estimate of drug-likeness (QED) is 0.778. The summed E-state index contributed by atoms with van der Waals surface area (Å²) in [6.45, 7) is 0.589. The first-order chi connectivity index (χ1) is 7.20. The van der Waals surface area contributed by atoms with Crippen LogP contribution in [0.15, 0.2) is 18.2 Å². The lowest BCUT2D eigenvalue weighted by molar-refractivity contribution is 0.376. The maximum Gasteiger partial charge on any atom is 0.165 e. The molecule has 0 saturated carbocycles. The Balaban J connectivity index is 2.87. The van der Waals surface area contributed by atoms with Gasteiger partial charge in [-0.25, -0.2) is 4.39 Å². The standard InChI is InChI=1S/C11H17FN2O/c1-15-11-8(4-2-5-9(11)12)10(14)6-3-7-13/h2,4-5,10H,3,6-7,13-14H2,1H3/t10-/m0/s1. The third kappa shape index (κ3) is 2.91. The van der Waals surface area contributed by atoms with Gasteiger partial charge in [-0.15, -0.1) is 0 Å². The van der Waals surface area contributed by atoms with E-state index in [1.165, 1.54) is 13.2 Å². The van der Waals surface area contributed by atoms with Gasteiger partial charge in [-0.1, -0.05) is 12.1 Å². The summed E-state index contributed by atoms with van der Waals surface area (Å²) in [6.07, 6.45) is 1.55. The minimum atomic E-state index is -0.377. The second-order valence-electron chi connectivity index (χ2n) is 3.40. The number of benzene rings is 1. The zero-order valence-electron chi connectivity index (χ0n) is 8.87. The predicted molar refractivity (Wildman–Crippen MR) is 58.2 cm³/mol. The Labute approximate surface area is 89.2 Å². The van der Waals surface area contributed by atoms with Gasteiger partial charge in [-0.05, 0) is 25.5 Å². The van der Waals surface area contributed by atoms with E-state index in [9.17, 15) is 4.39 Å². The van der Waals surface area contributed by atoms with Crippen molar-refractivity contribution in [3.05, 3.63) is 29.6 Å². The van der Waals surface area contributed by atoms with E-state index in [1.54, 1.807) is 12.1 Å². The lowest BCUT2D eigenvalue weighted by atomic mass is 10.0. The first-order valence-corrected chi connectivity index (χ1v) is 4.98. The highest BCUT2D eigenvalue weighted by Crippen LogP contribution is 2.28. The van der Waals surface area contributed by atoms with Gasteiger partial charge in [0.15, 0.2) is 11.6 Å². The van der Waals surface area contributed by atoms with Crippen LogP contribution in [-0.2, 0) is 0 Å². The summed E-state index contributed by atoms with van der Waals surface area (Å²) < 4.78 is 18.3. The molecule has 0 bridgehead atoms. The van der Waals surface area contributed by atoms with Crippen LogP contribution < -0.4 is 16.2 Å². The van der Waals surface area contributed by atoms with Crippen LogP contribution in [0.2, 0.25) is 0 Å². The number of para-hydroxylation sites is 1. The van der Waals surface area contributed by atoms with Crippen molar-refractivity contribution in [2.75, 3.05) is 13.7 Å². The van der Waals surface area contributed by atoms with Gasteiger partial charge in [-0.3, -0.25) is 0 Å². The van der Waals surface area contributed by atoms with E-state index in [4.69, 9.17) is 16.2 Å². The van der Waals surface area contributed by atoms with Gasteiger partial charge in [0.2, 0.25) is 0 Å². The van der Waals surface area contributed by atoms with Gasteiger partial charge < -0.3 is 16.2 Å².